The van der Waals surface area contributed by atoms with E-state index in [4.69, 9.17) is 5.73 Å². The highest BCUT2D eigenvalue weighted by Gasteiger charge is 2.10. The molecule has 1 unspecified atom stereocenters. The van der Waals surface area contributed by atoms with E-state index < -0.39 is 17.7 Å². The van der Waals surface area contributed by atoms with Gasteiger partial charge in [-0.05, 0) is 51.7 Å². The molecule has 0 aliphatic rings. The minimum atomic E-state index is -0.618. The van der Waals surface area contributed by atoms with Crippen molar-refractivity contribution in [3.05, 3.63) is 63.9 Å². The van der Waals surface area contributed by atoms with Gasteiger partial charge in [0.15, 0.2) is 0 Å². The van der Waals surface area contributed by atoms with Crippen molar-refractivity contribution in [3.63, 3.8) is 0 Å². The van der Waals surface area contributed by atoms with Crippen LogP contribution in [0.4, 0.5) is 8.78 Å². The zero-order valence-electron chi connectivity index (χ0n) is 9.41. The number of rotatable bonds is 3. The van der Waals surface area contributed by atoms with Gasteiger partial charge in [-0.1, -0.05) is 0 Å². The molecule has 0 bridgehead atoms. The maximum Gasteiger partial charge on any atom is 0.126 e. The summed E-state index contributed by atoms with van der Waals surface area (Å²) >= 11 is 3.31. The van der Waals surface area contributed by atoms with E-state index in [1.165, 1.54) is 12.1 Å². The standard InChI is InChI=1S/C13H11BrF2N2/c14-10-1-8(6-18-7-10)2-13(17)9-3-11(15)5-12(16)4-9/h1,3-7,13H,2,17H2. The summed E-state index contributed by atoms with van der Waals surface area (Å²) < 4.78 is 27.0. The third-order valence-electron chi connectivity index (χ3n) is 2.53. The van der Waals surface area contributed by atoms with Crippen LogP contribution in [0.2, 0.25) is 0 Å². The Morgan fingerprint density at radius 1 is 1.11 bits per heavy atom. The maximum atomic E-state index is 13.1. The fourth-order valence-electron chi connectivity index (χ4n) is 1.73. The van der Waals surface area contributed by atoms with E-state index in [-0.39, 0.29) is 0 Å². The Morgan fingerprint density at radius 2 is 1.78 bits per heavy atom. The normalized spacial score (nSPS) is 12.4. The number of hydrogen-bond acceptors (Lipinski definition) is 2. The van der Waals surface area contributed by atoms with Crippen molar-refractivity contribution in [2.45, 2.75) is 12.5 Å². The van der Waals surface area contributed by atoms with Gasteiger partial charge in [-0.2, -0.15) is 0 Å². The van der Waals surface area contributed by atoms with E-state index in [2.05, 4.69) is 20.9 Å². The SMILES string of the molecule is NC(Cc1cncc(Br)c1)c1cc(F)cc(F)c1. The van der Waals surface area contributed by atoms with Crippen molar-refractivity contribution in [2.24, 2.45) is 5.73 Å². The molecule has 0 aliphatic heterocycles. The van der Waals surface area contributed by atoms with E-state index in [1.807, 2.05) is 6.07 Å². The third-order valence-corrected chi connectivity index (χ3v) is 2.96. The average molecular weight is 313 g/mol. The smallest absolute Gasteiger partial charge is 0.126 e. The van der Waals surface area contributed by atoms with Crippen LogP contribution in [0.25, 0.3) is 0 Å². The molecule has 2 aromatic rings. The zero-order chi connectivity index (χ0) is 13.1. The molecule has 0 fully saturated rings. The van der Waals surface area contributed by atoms with E-state index in [1.54, 1.807) is 12.4 Å². The first-order chi connectivity index (χ1) is 8.54. The quantitative estimate of drug-likeness (QED) is 0.943. The summed E-state index contributed by atoms with van der Waals surface area (Å²) in [6, 6.07) is 4.74. The second-order valence-electron chi connectivity index (χ2n) is 4.02. The lowest BCUT2D eigenvalue weighted by atomic mass is 10.0. The number of benzene rings is 1. The fraction of sp³-hybridized carbons (Fsp3) is 0.154. The largest absolute Gasteiger partial charge is 0.324 e. The Balaban J connectivity index is 2.19. The van der Waals surface area contributed by atoms with Gasteiger partial charge in [0.25, 0.3) is 0 Å². The molecule has 94 valence electrons. The first-order valence-electron chi connectivity index (χ1n) is 5.35. The van der Waals surface area contributed by atoms with E-state index in [9.17, 15) is 8.78 Å². The van der Waals surface area contributed by atoms with Gasteiger partial charge >= 0.3 is 0 Å². The lowest BCUT2D eigenvalue weighted by molar-refractivity contribution is 0.572. The highest BCUT2D eigenvalue weighted by Crippen LogP contribution is 2.19. The summed E-state index contributed by atoms with van der Waals surface area (Å²) in [7, 11) is 0. The molecule has 1 heterocycles. The highest BCUT2D eigenvalue weighted by atomic mass is 79.9. The van der Waals surface area contributed by atoms with Gasteiger partial charge in [0.2, 0.25) is 0 Å². The zero-order valence-corrected chi connectivity index (χ0v) is 11.0. The van der Waals surface area contributed by atoms with Gasteiger partial charge in [0.1, 0.15) is 11.6 Å². The van der Waals surface area contributed by atoms with Gasteiger partial charge < -0.3 is 5.73 Å². The molecular formula is C13H11BrF2N2. The van der Waals surface area contributed by atoms with Crippen LogP contribution in [0.15, 0.2) is 41.1 Å². The molecule has 1 aromatic heterocycles. The lowest BCUT2D eigenvalue weighted by Crippen LogP contribution is -2.14. The van der Waals surface area contributed by atoms with Gasteiger partial charge in [-0.15, -0.1) is 0 Å². The van der Waals surface area contributed by atoms with Gasteiger partial charge in [0, 0.05) is 29.0 Å². The predicted octanol–water partition coefficient (Wildman–Crippen LogP) is 3.36. The molecule has 1 aromatic carbocycles. The highest BCUT2D eigenvalue weighted by molar-refractivity contribution is 9.10. The minimum Gasteiger partial charge on any atom is -0.324 e. The molecule has 1 atom stereocenters. The van der Waals surface area contributed by atoms with Crippen LogP contribution >= 0.6 is 15.9 Å². The van der Waals surface area contributed by atoms with E-state index >= 15 is 0 Å². The van der Waals surface area contributed by atoms with E-state index in [0.717, 1.165) is 16.1 Å². The first kappa shape index (κ1) is 13.1. The van der Waals surface area contributed by atoms with Crippen LogP contribution in [-0.2, 0) is 6.42 Å². The summed E-state index contributed by atoms with van der Waals surface area (Å²) in [6.45, 7) is 0. The third kappa shape index (κ3) is 3.34. The topological polar surface area (TPSA) is 38.9 Å². The molecule has 2 rings (SSSR count). The number of aromatic nitrogens is 1. The molecule has 0 amide bonds. The summed E-state index contributed by atoms with van der Waals surface area (Å²) in [6.07, 6.45) is 3.81. The molecule has 0 aliphatic carbocycles. The van der Waals surface area contributed by atoms with Crippen LogP contribution in [0.5, 0.6) is 0 Å². The number of halogens is 3. The number of nitrogens with two attached hydrogens (primary N) is 1. The van der Waals surface area contributed by atoms with Gasteiger partial charge in [-0.3, -0.25) is 4.98 Å². The molecule has 5 heteroatoms. The molecule has 0 saturated carbocycles. The Morgan fingerprint density at radius 3 is 2.39 bits per heavy atom. The molecule has 0 spiro atoms. The first-order valence-corrected chi connectivity index (χ1v) is 6.15. The minimum absolute atomic E-state index is 0.437. The van der Waals surface area contributed by atoms with Crippen molar-refractivity contribution < 1.29 is 8.78 Å². The van der Waals surface area contributed by atoms with Crippen molar-refractivity contribution in [1.82, 2.24) is 4.98 Å². The average Bonchev–Trinajstić information content (AvgIpc) is 2.27. The van der Waals surface area contributed by atoms with Crippen molar-refractivity contribution in [1.29, 1.82) is 0 Å². The molecule has 0 radical (unpaired) electrons. The summed E-state index contributed by atoms with van der Waals surface area (Å²) in [5.41, 5.74) is 7.28. The molecule has 2 nitrogen and oxygen atoms in total. The fourth-order valence-corrected chi connectivity index (χ4v) is 2.14. The maximum absolute atomic E-state index is 13.1. The van der Waals surface area contributed by atoms with Crippen LogP contribution in [-0.4, -0.2) is 4.98 Å². The Labute approximate surface area is 112 Å². The monoisotopic (exact) mass is 312 g/mol. The molecular weight excluding hydrogens is 302 g/mol. The second-order valence-corrected chi connectivity index (χ2v) is 4.94. The van der Waals surface area contributed by atoms with Crippen LogP contribution in [0.1, 0.15) is 17.2 Å². The Kier molecular flexibility index (Phi) is 4.04. The number of nitrogens with zero attached hydrogens (tertiary/aromatic N) is 1. The molecule has 18 heavy (non-hydrogen) atoms. The summed E-state index contributed by atoms with van der Waals surface area (Å²) in [5.74, 6) is -1.24. The summed E-state index contributed by atoms with van der Waals surface area (Å²) in [4.78, 5) is 4.02. The van der Waals surface area contributed by atoms with Crippen LogP contribution < -0.4 is 5.73 Å². The second kappa shape index (κ2) is 5.54. The molecule has 0 saturated heterocycles. The Hall–Kier alpha value is -1.33. The van der Waals surface area contributed by atoms with Crippen molar-refractivity contribution in [2.75, 3.05) is 0 Å². The molecule has 2 N–H and O–H groups in total. The van der Waals surface area contributed by atoms with Crippen molar-refractivity contribution in [3.8, 4) is 0 Å². The van der Waals surface area contributed by atoms with Crippen molar-refractivity contribution >= 4 is 15.9 Å². The lowest BCUT2D eigenvalue weighted by Gasteiger charge is -2.12. The van der Waals surface area contributed by atoms with Gasteiger partial charge in [-0.25, -0.2) is 8.78 Å². The van der Waals surface area contributed by atoms with Gasteiger partial charge in [0.05, 0.1) is 0 Å². The van der Waals surface area contributed by atoms with Crippen LogP contribution in [0.3, 0.4) is 0 Å². The van der Waals surface area contributed by atoms with Crippen LogP contribution in [0, 0.1) is 11.6 Å². The number of hydrogen-bond donors (Lipinski definition) is 1. The predicted molar refractivity (Wildman–Crippen MR) is 68.9 cm³/mol. The Bertz CT molecular complexity index is 540. The van der Waals surface area contributed by atoms with E-state index in [0.29, 0.717) is 12.0 Å². The summed E-state index contributed by atoms with van der Waals surface area (Å²) in [5, 5.41) is 0. The number of pyridine rings is 1.